The first-order valence-electron chi connectivity index (χ1n) is 6.74. The molecule has 6 nitrogen and oxygen atoms in total. The highest BCUT2D eigenvalue weighted by Crippen LogP contribution is 2.24. The number of carboxylic acid groups (broad SMARTS) is 1. The molecule has 2 aromatic rings. The Morgan fingerprint density at radius 3 is 2.81 bits per heavy atom. The van der Waals surface area contributed by atoms with Gasteiger partial charge in [-0.3, -0.25) is 4.79 Å². The van der Waals surface area contributed by atoms with Gasteiger partial charge in [0.2, 0.25) is 0 Å². The summed E-state index contributed by atoms with van der Waals surface area (Å²) in [7, 11) is 0. The van der Waals surface area contributed by atoms with Gasteiger partial charge in [-0.1, -0.05) is 18.2 Å². The maximum atomic E-state index is 12.6. The van der Waals surface area contributed by atoms with Crippen LogP contribution in [0.4, 0.5) is 0 Å². The van der Waals surface area contributed by atoms with Gasteiger partial charge in [-0.25, -0.2) is 4.79 Å². The molecule has 110 valence electrons. The number of benzene rings is 1. The average Bonchev–Trinajstić information content (AvgIpc) is 3.02. The van der Waals surface area contributed by atoms with Crippen molar-refractivity contribution >= 4 is 22.8 Å². The standard InChI is InChI=1S/C15H16N2O4/c1-9-12(10-4-2-3-5-11(10)16-9)13(18)17-15(14(19)20)6-7-21-8-15/h2-5,16H,6-8H2,1H3,(H,17,18)(H,19,20). The van der Waals surface area contributed by atoms with Crippen LogP contribution < -0.4 is 5.32 Å². The van der Waals surface area contributed by atoms with Crippen molar-refractivity contribution in [1.82, 2.24) is 10.3 Å². The molecule has 1 aliphatic rings. The van der Waals surface area contributed by atoms with Crippen molar-refractivity contribution in [3.8, 4) is 0 Å². The molecule has 2 heterocycles. The van der Waals surface area contributed by atoms with Crippen LogP contribution in [0.1, 0.15) is 22.5 Å². The molecule has 1 amide bonds. The second-order valence-electron chi connectivity index (χ2n) is 5.31. The number of nitrogens with one attached hydrogen (secondary N) is 2. The van der Waals surface area contributed by atoms with Gasteiger partial charge in [0, 0.05) is 29.6 Å². The Balaban J connectivity index is 1.97. The number of aromatic nitrogens is 1. The van der Waals surface area contributed by atoms with E-state index >= 15 is 0 Å². The zero-order valence-electron chi connectivity index (χ0n) is 11.6. The maximum Gasteiger partial charge on any atom is 0.331 e. The lowest BCUT2D eigenvalue weighted by atomic mass is 9.98. The molecule has 6 heteroatoms. The van der Waals surface area contributed by atoms with E-state index in [1.54, 1.807) is 6.92 Å². The van der Waals surface area contributed by atoms with Crippen LogP contribution >= 0.6 is 0 Å². The zero-order chi connectivity index (χ0) is 15.0. The molecule has 1 aromatic carbocycles. The van der Waals surface area contributed by atoms with Crippen molar-refractivity contribution in [1.29, 1.82) is 0 Å². The lowest BCUT2D eigenvalue weighted by molar-refractivity contribution is -0.144. The molecule has 0 aliphatic carbocycles. The monoisotopic (exact) mass is 288 g/mol. The average molecular weight is 288 g/mol. The van der Waals surface area contributed by atoms with Gasteiger partial charge in [0.1, 0.15) is 0 Å². The Labute approximate surface area is 121 Å². The van der Waals surface area contributed by atoms with Gasteiger partial charge in [0.05, 0.1) is 12.2 Å². The first-order chi connectivity index (χ1) is 10.0. The Morgan fingerprint density at radius 1 is 1.38 bits per heavy atom. The summed E-state index contributed by atoms with van der Waals surface area (Å²) in [5.74, 6) is -1.45. The smallest absolute Gasteiger partial charge is 0.331 e. The molecule has 1 aliphatic heterocycles. The molecule has 3 N–H and O–H groups in total. The van der Waals surface area contributed by atoms with E-state index in [2.05, 4.69) is 10.3 Å². The van der Waals surface area contributed by atoms with Gasteiger partial charge < -0.3 is 20.1 Å². The zero-order valence-corrected chi connectivity index (χ0v) is 11.6. The topological polar surface area (TPSA) is 91.4 Å². The Morgan fingerprint density at radius 2 is 2.14 bits per heavy atom. The van der Waals surface area contributed by atoms with E-state index in [9.17, 15) is 14.7 Å². The largest absolute Gasteiger partial charge is 0.479 e. The van der Waals surface area contributed by atoms with Gasteiger partial charge in [0.15, 0.2) is 5.54 Å². The number of fused-ring (bicyclic) bond motifs is 1. The second kappa shape index (κ2) is 4.89. The SMILES string of the molecule is Cc1[nH]c2ccccc2c1C(=O)NC1(C(=O)O)CCOC1. The van der Waals surface area contributed by atoms with Crippen molar-refractivity contribution in [2.24, 2.45) is 0 Å². The molecule has 0 radical (unpaired) electrons. The number of rotatable bonds is 3. The van der Waals surface area contributed by atoms with Gasteiger partial charge in [0.25, 0.3) is 5.91 Å². The minimum Gasteiger partial charge on any atom is -0.479 e. The number of aryl methyl sites for hydroxylation is 1. The van der Waals surface area contributed by atoms with E-state index in [0.29, 0.717) is 17.9 Å². The predicted octanol–water partition coefficient (Wildman–Crippen LogP) is 1.45. The highest BCUT2D eigenvalue weighted by molar-refractivity contribution is 6.09. The van der Waals surface area contributed by atoms with Crippen LogP contribution in [-0.2, 0) is 9.53 Å². The Hall–Kier alpha value is -2.34. The number of hydrogen-bond acceptors (Lipinski definition) is 3. The first kappa shape index (κ1) is 13.6. The van der Waals surface area contributed by atoms with Crippen LogP contribution in [0.2, 0.25) is 0 Å². The van der Waals surface area contributed by atoms with E-state index in [1.165, 1.54) is 0 Å². The third-order valence-corrected chi connectivity index (χ3v) is 3.90. The molecular weight excluding hydrogens is 272 g/mol. The van der Waals surface area contributed by atoms with Gasteiger partial charge in [-0.2, -0.15) is 0 Å². The van der Waals surface area contributed by atoms with Crippen LogP contribution in [0, 0.1) is 6.92 Å². The molecule has 1 unspecified atom stereocenters. The number of aromatic amines is 1. The summed E-state index contributed by atoms with van der Waals surface area (Å²) in [6, 6.07) is 7.44. The molecule has 1 fully saturated rings. The minimum absolute atomic E-state index is 0.00449. The predicted molar refractivity (Wildman–Crippen MR) is 76.3 cm³/mol. The van der Waals surface area contributed by atoms with Gasteiger partial charge >= 0.3 is 5.97 Å². The maximum absolute atomic E-state index is 12.6. The quantitative estimate of drug-likeness (QED) is 0.797. The van der Waals surface area contributed by atoms with Gasteiger partial charge in [-0.05, 0) is 13.0 Å². The lowest BCUT2D eigenvalue weighted by Crippen LogP contribution is -2.55. The fourth-order valence-corrected chi connectivity index (χ4v) is 2.73. The van der Waals surface area contributed by atoms with Crippen LogP contribution in [0.15, 0.2) is 24.3 Å². The summed E-state index contributed by atoms with van der Waals surface area (Å²) >= 11 is 0. The normalized spacial score (nSPS) is 21.6. The molecular formula is C15H16N2O4. The van der Waals surface area contributed by atoms with E-state index in [0.717, 1.165) is 10.9 Å². The molecule has 0 saturated carbocycles. The number of H-pyrrole nitrogens is 1. The lowest BCUT2D eigenvalue weighted by Gasteiger charge is -2.23. The van der Waals surface area contributed by atoms with E-state index < -0.39 is 17.4 Å². The summed E-state index contributed by atoms with van der Waals surface area (Å²) in [6.45, 7) is 2.13. The number of amides is 1. The van der Waals surface area contributed by atoms with Crippen molar-refractivity contribution in [3.05, 3.63) is 35.5 Å². The molecule has 1 saturated heterocycles. The summed E-state index contributed by atoms with van der Waals surface area (Å²) in [4.78, 5) is 27.2. The number of carbonyl (C=O) groups is 2. The molecule has 1 atom stereocenters. The van der Waals surface area contributed by atoms with Crippen molar-refractivity contribution in [3.63, 3.8) is 0 Å². The summed E-state index contributed by atoms with van der Waals surface area (Å²) in [5, 5.41) is 12.8. The van der Waals surface area contributed by atoms with Crippen LogP contribution in [0.3, 0.4) is 0 Å². The van der Waals surface area contributed by atoms with Crippen LogP contribution in [-0.4, -0.2) is 40.7 Å². The van der Waals surface area contributed by atoms with Crippen molar-refractivity contribution in [2.75, 3.05) is 13.2 Å². The summed E-state index contributed by atoms with van der Waals surface area (Å²) < 4.78 is 5.15. The fourth-order valence-electron chi connectivity index (χ4n) is 2.73. The van der Waals surface area contributed by atoms with Crippen LogP contribution in [0.5, 0.6) is 0 Å². The Kier molecular flexibility index (Phi) is 3.17. The molecule has 0 bridgehead atoms. The Bertz CT molecular complexity index is 714. The van der Waals surface area contributed by atoms with E-state index in [1.807, 2.05) is 24.3 Å². The minimum atomic E-state index is -1.33. The molecule has 3 rings (SSSR count). The number of aliphatic carboxylic acids is 1. The number of carbonyl (C=O) groups excluding carboxylic acids is 1. The number of carboxylic acids is 1. The molecule has 1 aromatic heterocycles. The van der Waals surface area contributed by atoms with Crippen molar-refractivity contribution in [2.45, 2.75) is 18.9 Å². The van der Waals surface area contributed by atoms with E-state index in [4.69, 9.17) is 4.74 Å². The third kappa shape index (κ3) is 2.17. The molecule has 21 heavy (non-hydrogen) atoms. The highest BCUT2D eigenvalue weighted by Gasteiger charge is 2.44. The van der Waals surface area contributed by atoms with Gasteiger partial charge in [-0.15, -0.1) is 0 Å². The second-order valence-corrected chi connectivity index (χ2v) is 5.31. The van der Waals surface area contributed by atoms with E-state index in [-0.39, 0.29) is 13.0 Å². The van der Waals surface area contributed by atoms with Crippen LogP contribution in [0.25, 0.3) is 10.9 Å². The number of para-hydroxylation sites is 1. The first-order valence-corrected chi connectivity index (χ1v) is 6.74. The summed E-state index contributed by atoms with van der Waals surface area (Å²) in [6.07, 6.45) is 0.273. The molecule has 0 spiro atoms. The van der Waals surface area contributed by atoms with Crippen molar-refractivity contribution < 1.29 is 19.4 Å². The summed E-state index contributed by atoms with van der Waals surface area (Å²) in [5.41, 5.74) is 0.723. The fraction of sp³-hybridized carbons (Fsp3) is 0.333. The highest BCUT2D eigenvalue weighted by atomic mass is 16.5. The number of ether oxygens (including phenoxy) is 1. The third-order valence-electron chi connectivity index (χ3n) is 3.90. The number of hydrogen-bond donors (Lipinski definition) is 3.